The first kappa shape index (κ1) is 29.4. The van der Waals surface area contributed by atoms with Crippen molar-refractivity contribution in [1.82, 2.24) is 16.3 Å². The number of carbonyl (C=O) groups is 4. The van der Waals surface area contributed by atoms with Crippen LogP contribution in [-0.2, 0) is 30.6 Å². The van der Waals surface area contributed by atoms with Crippen LogP contribution in [0.4, 0.5) is 5.69 Å². The van der Waals surface area contributed by atoms with Crippen LogP contribution in [-0.4, -0.2) is 61.6 Å². The van der Waals surface area contributed by atoms with Crippen molar-refractivity contribution in [2.45, 2.75) is 59.8 Å². The normalized spacial score (nSPS) is 16.1. The largest absolute Gasteiger partial charge is 0.370 e. The van der Waals surface area contributed by atoms with Gasteiger partial charge in [0, 0.05) is 14.1 Å². The van der Waals surface area contributed by atoms with Gasteiger partial charge in [0.2, 0.25) is 11.8 Å². The Labute approximate surface area is 211 Å². The number of amides is 3. The van der Waals surface area contributed by atoms with Gasteiger partial charge in [-0.05, 0) is 35.4 Å². The molecule has 3 amide bonds. The van der Waals surface area contributed by atoms with Crippen molar-refractivity contribution in [2.75, 3.05) is 25.6 Å². The van der Waals surface area contributed by atoms with E-state index in [1.165, 1.54) is 19.0 Å². The van der Waals surface area contributed by atoms with E-state index in [1.807, 2.05) is 34.6 Å². The third-order valence-corrected chi connectivity index (χ3v) is 6.11. The number of likely N-dealkylation sites (N-methyl/N-ethyl adjacent to an activating group) is 2. The fourth-order valence-electron chi connectivity index (χ4n) is 4.13. The summed E-state index contributed by atoms with van der Waals surface area (Å²) in [6.45, 7) is 9.35. The van der Waals surface area contributed by atoms with Gasteiger partial charge in [-0.2, -0.15) is 0 Å². The first-order chi connectivity index (χ1) is 16.8. The van der Waals surface area contributed by atoms with Gasteiger partial charge < -0.3 is 20.3 Å². The molecule has 1 aromatic rings. The molecule has 0 bridgehead atoms. The molecular weight excluding hydrogens is 468 g/mol. The molecule has 1 aromatic carbocycles. The second kappa shape index (κ2) is 12.4. The third-order valence-electron chi connectivity index (χ3n) is 6.11. The zero-order valence-electron chi connectivity index (χ0n) is 22.0. The van der Waals surface area contributed by atoms with E-state index in [0.717, 1.165) is 0 Å². The monoisotopic (exact) mass is 506 g/mol. The molecule has 200 valence electrons. The number of fused-ring (bicyclic) bond motifs is 1. The smallest absolute Gasteiger partial charge is 0.299 e. The zero-order valence-corrected chi connectivity index (χ0v) is 22.0. The third kappa shape index (κ3) is 7.10. The molecule has 0 aliphatic carbocycles. The molecule has 0 radical (unpaired) electrons. The maximum atomic E-state index is 13.4. The number of anilines is 1. The van der Waals surface area contributed by atoms with Crippen molar-refractivity contribution in [3.8, 4) is 0 Å². The van der Waals surface area contributed by atoms with Crippen LogP contribution in [0, 0.1) is 17.3 Å². The zero-order chi connectivity index (χ0) is 27.2. The number of rotatable bonds is 12. The molecule has 0 saturated carbocycles. The molecule has 1 unspecified atom stereocenters. The number of ether oxygens (including phenoxy) is 1. The summed E-state index contributed by atoms with van der Waals surface area (Å²) in [5.41, 5.74) is 2.53. The number of ketones is 1. The lowest BCUT2D eigenvalue weighted by atomic mass is 9.84. The van der Waals surface area contributed by atoms with Crippen LogP contribution in [0.15, 0.2) is 18.2 Å². The summed E-state index contributed by atoms with van der Waals surface area (Å²) >= 11 is 0. The van der Waals surface area contributed by atoms with Crippen LogP contribution in [0.5, 0.6) is 0 Å². The maximum absolute atomic E-state index is 13.4. The van der Waals surface area contributed by atoms with Gasteiger partial charge in [-0.15, -0.1) is 0 Å². The van der Waals surface area contributed by atoms with E-state index < -0.39 is 35.2 Å². The molecule has 0 aromatic heterocycles. The molecule has 0 spiro atoms. The van der Waals surface area contributed by atoms with E-state index in [0.29, 0.717) is 23.2 Å². The molecule has 0 saturated heterocycles. The molecule has 2 rings (SSSR count). The highest BCUT2D eigenvalue weighted by Gasteiger charge is 2.37. The van der Waals surface area contributed by atoms with E-state index >= 15 is 0 Å². The minimum absolute atomic E-state index is 0.0257. The molecule has 11 heteroatoms. The van der Waals surface area contributed by atoms with Crippen molar-refractivity contribution in [3.05, 3.63) is 29.3 Å². The van der Waals surface area contributed by atoms with Gasteiger partial charge in [0.25, 0.3) is 11.7 Å². The molecule has 4 N–H and O–H groups in total. The summed E-state index contributed by atoms with van der Waals surface area (Å²) in [6, 6.07) is 4.23. The summed E-state index contributed by atoms with van der Waals surface area (Å²) < 4.78 is 6.07. The summed E-state index contributed by atoms with van der Waals surface area (Å²) in [6.07, 6.45) is -0.372. The average Bonchev–Trinajstić information content (AvgIpc) is 3.03. The molecule has 36 heavy (non-hydrogen) atoms. The lowest BCUT2D eigenvalue weighted by Gasteiger charge is -2.33. The average molecular weight is 507 g/mol. The summed E-state index contributed by atoms with van der Waals surface area (Å²) in [5.74, 6) is -2.47. The van der Waals surface area contributed by atoms with Crippen LogP contribution >= 0.6 is 0 Å². The first-order valence-electron chi connectivity index (χ1n) is 11.9. The predicted molar refractivity (Wildman–Crippen MR) is 132 cm³/mol. The van der Waals surface area contributed by atoms with Crippen LogP contribution in [0.25, 0.3) is 0 Å². The number of carbonyl (C=O) groups excluding carboxylic acids is 4. The van der Waals surface area contributed by atoms with Crippen molar-refractivity contribution < 1.29 is 34.0 Å². The minimum atomic E-state index is -0.800. The Hall–Kier alpha value is -2.86. The van der Waals surface area contributed by atoms with E-state index in [4.69, 9.17) is 14.8 Å². The van der Waals surface area contributed by atoms with Gasteiger partial charge in [0.15, 0.2) is 0 Å². The topological polar surface area (TPSA) is 146 Å². The summed E-state index contributed by atoms with van der Waals surface area (Å²) in [4.78, 5) is 56.4. The number of nitrogens with zero attached hydrogens (tertiary/aromatic N) is 1. The number of hydrogen-bond acceptors (Lipinski definition) is 8. The minimum Gasteiger partial charge on any atom is -0.370 e. The maximum Gasteiger partial charge on any atom is 0.299 e. The number of Topliss-reactive ketones (excluding diaryl/α,β-unsaturated/α-hetero) is 1. The number of hydrogen-bond donors (Lipinski definition) is 4. The second-order valence-electron chi connectivity index (χ2n) is 10.5. The van der Waals surface area contributed by atoms with Gasteiger partial charge in [0.1, 0.15) is 6.04 Å². The van der Waals surface area contributed by atoms with Crippen LogP contribution in [0.3, 0.4) is 0 Å². The summed E-state index contributed by atoms with van der Waals surface area (Å²) in [7, 11) is 3.05. The predicted octanol–water partition coefficient (Wildman–Crippen LogP) is 1.58. The van der Waals surface area contributed by atoms with E-state index in [1.54, 1.807) is 23.8 Å². The van der Waals surface area contributed by atoms with Crippen molar-refractivity contribution in [3.63, 3.8) is 0 Å². The molecule has 1 aliphatic rings. The molecule has 11 nitrogen and oxygen atoms in total. The SMILES string of the molecule is CNC(=O)[C@@H](NC(=O)[C@H](CC(C)C)C(CONO)OCc1ccc2c(c1)C(=O)C(=O)N2C)C(C)(C)C. The highest BCUT2D eigenvalue weighted by Crippen LogP contribution is 2.29. The first-order valence-corrected chi connectivity index (χ1v) is 11.9. The fourth-order valence-corrected chi connectivity index (χ4v) is 4.13. The molecular formula is C25H38N4O7. The lowest BCUT2D eigenvalue weighted by Crippen LogP contribution is -2.55. The highest BCUT2D eigenvalue weighted by atomic mass is 16.8. The van der Waals surface area contributed by atoms with E-state index in [9.17, 15) is 19.2 Å². The molecule has 3 atom stereocenters. The highest BCUT2D eigenvalue weighted by molar-refractivity contribution is 6.52. The second-order valence-corrected chi connectivity index (χ2v) is 10.5. The Balaban J connectivity index is 2.27. The van der Waals surface area contributed by atoms with Crippen molar-refractivity contribution in [1.29, 1.82) is 0 Å². The van der Waals surface area contributed by atoms with Gasteiger partial charge in [-0.1, -0.05) is 46.3 Å². The quantitative estimate of drug-likeness (QED) is 0.247. The number of nitrogens with one attached hydrogen (secondary N) is 3. The fraction of sp³-hybridized carbons (Fsp3) is 0.600. The van der Waals surface area contributed by atoms with Gasteiger partial charge in [-0.3, -0.25) is 29.2 Å². The van der Waals surface area contributed by atoms with Gasteiger partial charge in [0.05, 0.1) is 36.5 Å². The van der Waals surface area contributed by atoms with Crippen molar-refractivity contribution in [2.24, 2.45) is 17.3 Å². The van der Waals surface area contributed by atoms with Crippen LogP contribution in [0.2, 0.25) is 0 Å². The molecule has 1 heterocycles. The standard InChI is InChI=1S/C25H38N4O7/c1-14(2)10-17(22(31)27-21(23(32)26-6)25(3,4)5)19(13-36-28-34)35-12-15-8-9-18-16(11-15)20(30)24(33)29(18)7/h8-9,11,14,17,19,21,28,34H,10,12-13H2,1-7H3,(H,26,32)(H,27,31)/t17-,19?,21-/m1/s1. The number of benzene rings is 1. The van der Waals surface area contributed by atoms with Gasteiger partial charge in [-0.25, -0.2) is 0 Å². The Morgan fingerprint density at radius 1 is 1.14 bits per heavy atom. The molecule has 1 aliphatic heterocycles. The van der Waals surface area contributed by atoms with Crippen LogP contribution < -0.4 is 21.2 Å². The summed E-state index contributed by atoms with van der Waals surface area (Å²) in [5, 5.41) is 14.4. The Morgan fingerprint density at radius 3 is 2.36 bits per heavy atom. The van der Waals surface area contributed by atoms with E-state index in [2.05, 4.69) is 10.6 Å². The molecule has 0 fully saturated rings. The Kier molecular flexibility index (Phi) is 10.1. The van der Waals surface area contributed by atoms with Gasteiger partial charge >= 0.3 is 0 Å². The Morgan fingerprint density at radius 2 is 1.81 bits per heavy atom. The van der Waals surface area contributed by atoms with Crippen LogP contribution in [0.1, 0.15) is 57.0 Å². The Bertz CT molecular complexity index is 974. The lowest BCUT2D eigenvalue weighted by molar-refractivity contribution is -0.170. The van der Waals surface area contributed by atoms with Crippen molar-refractivity contribution >= 4 is 29.2 Å². The van der Waals surface area contributed by atoms with E-state index in [-0.39, 0.29) is 30.9 Å².